The van der Waals surface area contributed by atoms with Crippen molar-refractivity contribution >= 4 is 5.71 Å². The summed E-state index contributed by atoms with van der Waals surface area (Å²) in [7, 11) is 1.66. The maximum Gasteiger partial charge on any atom is 0.157 e. The highest BCUT2D eigenvalue weighted by Gasteiger charge is 2.22. The van der Waals surface area contributed by atoms with Crippen LogP contribution in [0.1, 0.15) is 29.2 Å². The Morgan fingerprint density at radius 3 is 2.68 bits per heavy atom. The predicted octanol–water partition coefficient (Wildman–Crippen LogP) is 2.85. The number of hydrazone groups is 1. The fourth-order valence-electron chi connectivity index (χ4n) is 2.57. The van der Waals surface area contributed by atoms with E-state index < -0.39 is 0 Å². The molecule has 0 saturated heterocycles. The van der Waals surface area contributed by atoms with Crippen molar-refractivity contribution < 1.29 is 14.9 Å². The average molecular weight is 298 g/mol. The molecule has 0 aliphatic carbocycles. The maximum absolute atomic E-state index is 9.61. The number of aryl methyl sites for hydroxylation is 1. The summed E-state index contributed by atoms with van der Waals surface area (Å²) in [5.41, 5.74) is 6.99. The molecule has 0 amide bonds. The summed E-state index contributed by atoms with van der Waals surface area (Å²) in [5.74, 6) is 0.599. The van der Waals surface area contributed by atoms with Crippen LogP contribution in [0.3, 0.4) is 0 Å². The van der Waals surface area contributed by atoms with Crippen LogP contribution in [0.15, 0.2) is 41.5 Å². The Labute approximate surface area is 128 Å². The highest BCUT2D eigenvalue weighted by Crippen LogP contribution is 2.32. The van der Waals surface area contributed by atoms with Gasteiger partial charge in [-0.3, -0.25) is 0 Å². The lowest BCUT2D eigenvalue weighted by Gasteiger charge is -2.11. The van der Waals surface area contributed by atoms with Gasteiger partial charge in [-0.25, -0.2) is 0 Å². The van der Waals surface area contributed by atoms with E-state index >= 15 is 0 Å². The van der Waals surface area contributed by atoms with Gasteiger partial charge in [-0.15, -0.1) is 0 Å². The van der Waals surface area contributed by atoms with E-state index in [0.717, 1.165) is 28.2 Å². The van der Waals surface area contributed by atoms with Gasteiger partial charge in [-0.05, 0) is 36.2 Å². The smallest absolute Gasteiger partial charge is 0.157 e. The Balaban J connectivity index is 1.80. The first-order valence-electron chi connectivity index (χ1n) is 7.07. The number of aromatic hydroxyl groups is 2. The second kappa shape index (κ2) is 5.60. The van der Waals surface area contributed by atoms with Crippen LogP contribution in [0.25, 0.3) is 0 Å². The van der Waals surface area contributed by atoms with Gasteiger partial charge in [0.1, 0.15) is 5.75 Å². The number of benzene rings is 2. The van der Waals surface area contributed by atoms with Crippen LogP contribution in [0.5, 0.6) is 17.2 Å². The van der Waals surface area contributed by atoms with Gasteiger partial charge < -0.3 is 20.4 Å². The molecule has 3 N–H and O–H groups in total. The van der Waals surface area contributed by atoms with E-state index in [4.69, 9.17) is 4.74 Å². The Kier molecular flexibility index (Phi) is 3.63. The van der Waals surface area contributed by atoms with E-state index in [-0.39, 0.29) is 17.5 Å². The second-order valence-corrected chi connectivity index (χ2v) is 5.38. The summed E-state index contributed by atoms with van der Waals surface area (Å²) in [6.07, 6.45) is 0.705. The number of nitrogens with one attached hydrogen (secondary N) is 1. The lowest BCUT2D eigenvalue weighted by molar-refractivity contribution is 0.402. The minimum Gasteiger partial charge on any atom is -0.504 e. The SMILES string of the molecule is COc1cc(C2=NNC(c3ccc(O)c(O)c3)C2)ccc1C. The van der Waals surface area contributed by atoms with E-state index in [1.807, 2.05) is 25.1 Å². The number of phenolic OH excluding ortho intramolecular Hbond substituents is 2. The number of hydrogen-bond acceptors (Lipinski definition) is 5. The molecular formula is C17H18N2O3. The molecule has 1 atom stereocenters. The zero-order valence-electron chi connectivity index (χ0n) is 12.5. The molecule has 1 aliphatic heterocycles. The van der Waals surface area contributed by atoms with Crippen LogP contribution in [0.2, 0.25) is 0 Å². The van der Waals surface area contributed by atoms with Crippen molar-refractivity contribution in [1.29, 1.82) is 0 Å². The summed E-state index contributed by atoms with van der Waals surface area (Å²) in [6, 6.07) is 10.8. The van der Waals surface area contributed by atoms with Crippen molar-refractivity contribution in [1.82, 2.24) is 5.43 Å². The minimum absolute atomic E-state index is 0.0196. The summed E-state index contributed by atoms with van der Waals surface area (Å²) in [4.78, 5) is 0. The first kappa shape index (κ1) is 14.3. The quantitative estimate of drug-likeness (QED) is 0.762. The molecule has 3 rings (SSSR count). The zero-order valence-corrected chi connectivity index (χ0v) is 12.5. The van der Waals surface area contributed by atoms with Crippen LogP contribution < -0.4 is 10.2 Å². The molecule has 5 nitrogen and oxygen atoms in total. The molecule has 0 aromatic heterocycles. The molecule has 22 heavy (non-hydrogen) atoms. The van der Waals surface area contributed by atoms with Gasteiger partial charge in [0.25, 0.3) is 0 Å². The molecule has 0 bridgehead atoms. The van der Waals surface area contributed by atoms with E-state index in [1.165, 1.54) is 6.07 Å². The molecule has 1 unspecified atom stereocenters. The van der Waals surface area contributed by atoms with Gasteiger partial charge >= 0.3 is 0 Å². The number of rotatable bonds is 3. The highest BCUT2D eigenvalue weighted by atomic mass is 16.5. The van der Waals surface area contributed by atoms with Crippen LogP contribution in [0, 0.1) is 6.92 Å². The van der Waals surface area contributed by atoms with E-state index in [0.29, 0.717) is 6.42 Å². The number of ether oxygens (including phenoxy) is 1. The molecule has 0 radical (unpaired) electrons. The third-order valence-electron chi connectivity index (χ3n) is 3.90. The molecule has 5 heteroatoms. The third-order valence-corrected chi connectivity index (χ3v) is 3.90. The molecular weight excluding hydrogens is 280 g/mol. The van der Waals surface area contributed by atoms with Crippen LogP contribution in [-0.4, -0.2) is 23.0 Å². The first-order chi connectivity index (χ1) is 10.6. The Morgan fingerprint density at radius 1 is 1.14 bits per heavy atom. The standard InChI is InChI=1S/C17H18N2O3/c1-10-3-4-12(8-17(10)22-2)14-9-13(18-19-14)11-5-6-15(20)16(21)7-11/h3-8,13,18,20-21H,9H2,1-2H3. The summed E-state index contributed by atoms with van der Waals surface area (Å²) in [6.45, 7) is 2.00. The summed E-state index contributed by atoms with van der Waals surface area (Å²) >= 11 is 0. The van der Waals surface area contributed by atoms with Gasteiger partial charge in [0.2, 0.25) is 0 Å². The molecule has 2 aromatic rings. The third kappa shape index (κ3) is 2.57. The van der Waals surface area contributed by atoms with Gasteiger partial charge in [0.05, 0.1) is 18.9 Å². The Morgan fingerprint density at radius 2 is 1.95 bits per heavy atom. The average Bonchev–Trinajstić information content (AvgIpc) is 3.00. The van der Waals surface area contributed by atoms with E-state index in [2.05, 4.69) is 10.5 Å². The molecule has 2 aromatic carbocycles. The summed E-state index contributed by atoms with van der Waals surface area (Å²) < 4.78 is 5.35. The van der Waals surface area contributed by atoms with Crippen LogP contribution in [-0.2, 0) is 0 Å². The predicted molar refractivity (Wildman–Crippen MR) is 84.5 cm³/mol. The molecule has 0 saturated carbocycles. The topological polar surface area (TPSA) is 74.1 Å². The van der Waals surface area contributed by atoms with Crippen molar-refractivity contribution in [3.8, 4) is 17.2 Å². The molecule has 1 aliphatic rings. The number of methoxy groups -OCH3 is 1. The fraction of sp³-hybridized carbons (Fsp3) is 0.235. The second-order valence-electron chi connectivity index (χ2n) is 5.38. The van der Waals surface area contributed by atoms with Crippen LogP contribution in [0.4, 0.5) is 0 Å². The number of nitrogens with zero attached hydrogens (tertiary/aromatic N) is 1. The molecule has 0 spiro atoms. The molecule has 1 heterocycles. The van der Waals surface area contributed by atoms with E-state index in [9.17, 15) is 10.2 Å². The number of phenols is 2. The first-order valence-corrected chi connectivity index (χ1v) is 7.07. The van der Waals surface area contributed by atoms with Crippen molar-refractivity contribution in [2.75, 3.05) is 7.11 Å². The van der Waals surface area contributed by atoms with Gasteiger partial charge in [0.15, 0.2) is 11.5 Å². The zero-order chi connectivity index (χ0) is 15.7. The summed E-state index contributed by atoms with van der Waals surface area (Å²) in [5, 5.41) is 23.4. The highest BCUT2D eigenvalue weighted by molar-refractivity contribution is 6.02. The van der Waals surface area contributed by atoms with E-state index in [1.54, 1.807) is 19.2 Å². The maximum atomic E-state index is 9.61. The lowest BCUT2D eigenvalue weighted by Crippen LogP contribution is -2.09. The number of hydrogen-bond donors (Lipinski definition) is 3. The van der Waals surface area contributed by atoms with Crippen molar-refractivity contribution in [2.45, 2.75) is 19.4 Å². The van der Waals surface area contributed by atoms with Crippen molar-refractivity contribution in [2.24, 2.45) is 5.10 Å². The van der Waals surface area contributed by atoms with Gasteiger partial charge in [-0.1, -0.05) is 18.2 Å². The van der Waals surface area contributed by atoms with Crippen molar-refractivity contribution in [3.05, 3.63) is 53.1 Å². The minimum atomic E-state index is -0.121. The lowest BCUT2D eigenvalue weighted by atomic mass is 9.98. The van der Waals surface area contributed by atoms with Crippen molar-refractivity contribution in [3.63, 3.8) is 0 Å². The molecule has 0 fully saturated rings. The Hall–Kier alpha value is -2.69. The fourth-order valence-corrected chi connectivity index (χ4v) is 2.57. The van der Waals surface area contributed by atoms with Gasteiger partial charge in [0, 0.05) is 12.0 Å². The Bertz CT molecular complexity index is 741. The van der Waals surface area contributed by atoms with Crippen LogP contribution >= 0.6 is 0 Å². The normalized spacial score (nSPS) is 17.0. The molecule has 114 valence electrons. The monoisotopic (exact) mass is 298 g/mol. The van der Waals surface area contributed by atoms with Gasteiger partial charge in [-0.2, -0.15) is 5.10 Å². The largest absolute Gasteiger partial charge is 0.504 e.